The van der Waals surface area contributed by atoms with Gasteiger partial charge in [0.15, 0.2) is 5.69 Å². The van der Waals surface area contributed by atoms with Crippen LogP contribution in [0.1, 0.15) is 16.2 Å². The maximum absolute atomic E-state index is 12.2. The summed E-state index contributed by atoms with van der Waals surface area (Å²) < 4.78 is 7.30. The second-order valence-electron chi connectivity index (χ2n) is 5.48. The van der Waals surface area contributed by atoms with E-state index < -0.39 is 0 Å². The summed E-state index contributed by atoms with van der Waals surface area (Å²) in [5.41, 5.74) is 2.20. The first-order chi connectivity index (χ1) is 12.1. The zero-order chi connectivity index (χ0) is 17.6. The van der Waals surface area contributed by atoms with Crippen LogP contribution >= 0.6 is 11.6 Å². The molecular formula is C19H18ClN3O2. The Morgan fingerprint density at radius 2 is 1.88 bits per heavy atom. The van der Waals surface area contributed by atoms with Gasteiger partial charge in [-0.05, 0) is 49.4 Å². The normalized spacial score (nSPS) is 10.5. The lowest BCUT2D eigenvalue weighted by molar-refractivity contribution is 0.0941. The molecule has 0 saturated carbocycles. The van der Waals surface area contributed by atoms with Crippen LogP contribution in [0.25, 0.3) is 5.69 Å². The van der Waals surface area contributed by atoms with Crippen LogP contribution < -0.4 is 10.1 Å². The number of halogens is 1. The van der Waals surface area contributed by atoms with Gasteiger partial charge in [-0.15, -0.1) is 0 Å². The van der Waals surface area contributed by atoms with E-state index in [4.69, 9.17) is 16.3 Å². The zero-order valence-corrected chi connectivity index (χ0v) is 14.5. The monoisotopic (exact) mass is 355 g/mol. The van der Waals surface area contributed by atoms with Crippen molar-refractivity contribution in [3.63, 3.8) is 0 Å². The fourth-order valence-corrected chi connectivity index (χ4v) is 2.50. The highest BCUT2D eigenvalue weighted by Gasteiger charge is 2.12. The number of hydrogen-bond donors (Lipinski definition) is 1. The predicted molar refractivity (Wildman–Crippen MR) is 97.6 cm³/mol. The summed E-state index contributed by atoms with van der Waals surface area (Å²) in [5.74, 6) is 0.486. The minimum Gasteiger partial charge on any atom is -0.492 e. The largest absolute Gasteiger partial charge is 0.492 e. The van der Waals surface area contributed by atoms with Gasteiger partial charge in [0.05, 0.1) is 12.2 Å². The van der Waals surface area contributed by atoms with Crippen molar-refractivity contribution in [2.75, 3.05) is 13.2 Å². The molecule has 6 heteroatoms. The molecule has 0 fully saturated rings. The Bertz CT molecular complexity index is 845. The molecule has 25 heavy (non-hydrogen) atoms. The molecule has 2 aromatic carbocycles. The first-order valence-electron chi connectivity index (χ1n) is 7.92. The van der Waals surface area contributed by atoms with E-state index in [0.29, 0.717) is 29.6 Å². The van der Waals surface area contributed by atoms with E-state index in [1.807, 2.05) is 37.3 Å². The molecule has 0 aliphatic carbocycles. The number of ether oxygens (including phenoxy) is 1. The number of rotatable bonds is 6. The number of carbonyl (C=O) groups is 1. The minimum atomic E-state index is -0.225. The van der Waals surface area contributed by atoms with Crippen molar-refractivity contribution in [3.8, 4) is 11.4 Å². The van der Waals surface area contributed by atoms with Crippen molar-refractivity contribution in [2.45, 2.75) is 6.92 Å². The van der Waals surface area contributed by atoms with Gasteiger partial charge in [0.25, 0.3) is 5.91 Å². The summed E-state index contributed by atoms with van der Waals surface area (Å²) in [6.07, 6.45) is 0. The van der Waals surface area contributed by atoms with Crippen LogP contribution in [0.2, 0.25) is 5.02 Å². The fourth-order valence-electron chi connectivity index (χ4n) is 2.37. The van der Waals surface area contributed by atoms with Gasteiger partial charge in [0.2, 0.25) is 0 Å². The molecule has 3 rings (SSSR count). The summed E-state index contributed by atoms with van der Waals surface area (Å²) in [7, 11) is 0. The second-order valence-corrected chi connectivity index (χ2v) is 5.91. The van der Waals surface area contributed by atoms with Gasteiger partial charge in [-0.3, -0.25) is 4.79 Å². The van der Waals surface area contributed by atoms with Gasteiger partial charge >= 0.3 is 0 Å². The highest BCUT2D eigenvalue weighted by molar-refractivity contribution is 6.30. The molecule has 0 spiro atoms. The van der Waals surface area contributed by atoms with E-state index in [1.165, 1.54) is 0 Å². The number of nitrogens with zero attached hydrogens (tertiary/aromatic N) is 2. The Balaban J connectivity index is 1.54. The van der Waals surface area contributed by atoms with E-state index in [-0.39, 0.29) is 5.91 Å². The predicted octanol–water partition coefficient (Wildman–Crippen LogP) is 3.64. The Morgan fingerprint density at radius 3 is 2.60 bits per heavy atom. The van der Waals surface area contributed by atoms with Gasteiger partial charge in [-0.1, -0.05) is 29.8 Å². The molecule has 0 radical (unpaired) electrons. The van der Waals surface area contributed by atoms with Gasteiger partial charge < -0.3 is 10.1 Å². The summed E-state index contributed by atoms with van der Waals surface area (Å²) in [6, 6.07) is 18.6. The Kier molecular flexibility index (Phi) is 5.36. The number of nitrogens with one attached hydrogen (secondary N) is 1. The summed E-state index contributed by atoms with van der Waals surface area (Å²) in [4.78, 5) is 12.2. The Labute approximate surface area is 151 Å². The number of aryl methyl sites for hydroxylation is 1. The van der Waals surface area contributed by atoms with Gasteiger partial charge in [0, 0.05) is 10.7 Å². The average molecular weight is 356 g/mol. The lowest BCUT2D eigenvalue weighted by Crippen LogP contribution is -2.28. The number of amides is 1. The van der Waals surface area contributed by atoms with Crippen molar-refractivity contribution in [1.29, 1.82) is 0 Å². The number of aromatic nitrogens is 2. The molecule has 128 valence electrons. The highest BCUT2D eigenvalue weighted by Crippen LogP contribution is 2.15. The first-order valence-corrected chi connectivity index (χ1v) is 8.30. The van der Waals surface area contributed by atoms with Gasteiger partial charge in [-0.2, -0.15) is 5.10 Å². The molecule has 5 nitrogen and oxygen atoms in total. The molecule has 1 N–H and O–H groups in total. The molecule has 0 atom stereocenters. The summed E-state index contributed by atoms with van der Waals surface area (Å²) >= 11 is 5.82. The third kappa shape index (κ3) is 4.39. The molecule has 1 amide bonds. The van der Waals surface area contributed by atoms with E-state index in [0.717, 1.165) is 11.4 Å². The van der Waals surface area contributed by atoms with E-state index in [9.17, 15) is 4.79 Å². The molecule has 0 aliphatic rings. The van der Waals surface area contributed by atoms with E-state index in [1.54, 1.807) is 35.0 Å². The average Bonchev–Trinajstić information content (AvgIpc) is 3.03. The molecule has 0 aliphatic heterocycles. The lowest BCUT2D eigenvalue weighted by Gasteiger charge is -2.07. The standard InChI is InChI=1S/C19H18ClN3O2/c1-14-13-18(22-23(14)16-5-3-2-4-6-16)19(24)21-11-12-25-17-9-7-15(20)8-10-17/h2-10,13H,11-12H2,1H3,(H,21,24). The van der Waals surface area contributed by atoms with Crippen LogP contribution in [0.4, 0.5) is 0 Å². The molecule has 1 heterocycles. The van der Waals surface area contributed by atoms with Crippen molar-refractivity contribution >= 4 is 17.5 Å². The van der Waals surface area contributed by atoms with Crippen molar-refractivity contribution in [2.24, 2.45) is 0 Å². The minimum absolute atomic E-state index is 0.225. The molecule has 0 unspecified atom stereocenters. The third-order valence-electron chi connectivity index (χ3n) is 3.59. The van der Waals surface area contributed by atoms with Crippen molar-refractivity contribution in [1.82, 2.24) is 15.1 Å². The fraction of sp³-hybridized carbons (Fsp3) is 0.158. The summed E-state index contributed by atoms with van der Waals surface area (Å²) in [5, 5.41) is 7.84. The molecule has 0 bridgehead atoms. The topological polar surface area (TPSA) is 56.1 Å². The quantitative estimate of drug-likeness (QED) is 0.687. The molecular weight excluding hydrogens is 338 g/mol. The Morgan fingerprint density at radius 1 is 1.16 bits per heavy atom. The molecule has 1 aromatic heterocycles. The van der Waals surface area contributed by atoms with E-state index in [2.05, 4.69) is 10.4 Å². The third-order valence-corrected chi connectivity index (χ3v) is 3.84. The smallest absolute Gasteiger partial charge is 0.271 e. The van der Waals surface area contributed by atoms with Crippen molar-refractivity contribution in [3.05, 3.63) is 77.1 Å². The van der Waals surface area contributed by atoms with E-state index >= 15 is 0 Å². The van der Waals surface area contributed by atoms with Crippen LogP contribution in [0, 0.1) is 6.92 Å². The highest BCUT2D eigenvalue weighted by atomic mass is 35.5. The number of hydrogen-bond acceptors (Lipinski definition) is 3. The first kappa shape index (κ1) is 17.0. The number of benzene rings is 2. The van der Waals surface area contributed by atoms with Crippen LogP contribution in [0.3, 0.4) is 0 Å². The molecule has 0 saturated heterocycles. The zero-order valence-electron chi connectivity index (χ0n) is 13.8. The van der Waals surface area contributed by atoms with Crippen molar-refractivity contribution < 1.29 is 9.53 Å². The Hall–Kier alpha value is -2.79. The van der Waals surface area contributed by atoms with Crippen LogP contribution in [0.15, 0.2) is 60.7 Å². The van der Waals surface area contributed by atoms with Gasteiger partial charge in [0.1, 0.15) is 12.4 Å². The maximum atomic E-state index is 12.2. The SMILES string of the molecule is Cc1cc(C(=O)NCCOc2ccc(Cl)cc2)nn1-c1ccccc1. The lowest BCUT2D eigenvalue weighted by atomic mass is 10.3. The maximum Gasteiger partial charge on any atom is 0.271 e. The van der Waals surface area contributed by atoms with Gasteiger partial charge in [-0.25, -0.2) is 4.68 Å². The second kappa shape index (κ2) is 7.85. The van der Waals surface area contributed by atoms with Crippen LogP contribution in [-0.2, 0) is 0 Å². The molecule has 3 aromatic rings. The number of para-hydroxylation sites is 1. The number of carbonyl (C=O) groups excluding carboxylic acids is 1. The van der Waals surface area contributed by atoms with Crippen LogP contribution in [-0.4, -0.2) is 28.8 Å². The summed E-state index contributed by atoms with van der Waals surface area (Å²) in [6.45, 7) is 2.67. The van der Waals surface area contributed by atoms with Crippen LogP contribution in [0.5, 0.6) is 5.75 Å².